The summed E-state index contributed by atoms with van der Waals surface area (Å²) in [4.78, 5) is 17.5. The van der Waals surface area contributed by atoms with E-state index in [1.54, 1.807) is 0 Å². The first kappa shape index (κ1) is 13.0. The SMILES string of the molecule is CC1CCN(C(C)c2n[nH]c(CC(N)=O)n2)CC1. The zero-order valence-electron chi connectivity index (χ0n) is 11.0. The Kier molecular flexibility index (Phi) is 3.96. The average Bonchev–Trinajstić information content (AvgIpc) is 2.76. The number of nitrogens with zero attached hydrogens (tertiary/aromatic N) is 3. The van der Waals surface area contributed by atoms with Crippen LogP contribution in [0.5, 0.6) is 0 Å². The summed E-state index contributed by atoms with van der Waals surface area (Å²) in [7, 11) is 0. The van der Waals surface area contributed by atoms with E-state index in [2.05, 4.69) is 33.9 Å². The first-order chi connectivity index (χ1) is 8.56. The molecule has 6 heteroatoms. The summed E-state index contributed by atoms with van der Waals surface area (Å²) in [5.41, 5.74) is 5.13. The van der Waals surface area contributed by atoms with Crippen LogP contribution in [0.15, 0.2) is 0 Å². The number of amides is 1. The molecule has 18 heavy (non-hydrogen) atoms. The number of hydrogen-bond donors (Lipinski definition) is 2. The van der Waals surface area contributed by atoms with Gasteiger partial charge in [-0.1, -0.05) is 6.92 Å². The highest BCUT2D eigenvalue weighted by Crippen LogP contribution is 2.24. The van der Waals surface area contributed by atoms with E-state index >= 15 is 0 Å². The first-order valence-corrected chi connectivity index (χ1v) is 6.49. The molecular formula is C12H21N5O. The molecule has 2 rings (SSSR count). The van der Waals surface area contributed by atoms with Gasteiger partial charge in [-0.15, -0.1) is 0 Å². The molecule has 0 radical (unpaired) electrons. The van der Waals surface area contributed by atoms with Crippen molar-refractivity contribution in [1.29, 1.82) is 0 Å². The number of carbonyl (C=O) groups is 1. The first-order valence-electron chi connectivity index (χ1n) is 6.49. The summed E-state index contributed by atoms with van der Waals surface area (Å²) in [6.45, 7) is 6.57. The van der Waals surface area contributed by atoms with Gasteiger partial charge in [-0.25, -0.2) is 4.98 Å². The fraction of sp³-hybridized carbons (Fsp3) is 0.750. The molecule has 1 amide bonds. The highest BCUT2D eigenvalue weighted by atomic mass is 16.1. The lowest BCUT2D eigenvalue weighted by Crippen LogP contribution is -2.35. The third kappa shape index (κ3) is 3.07. The Hall–Kier alpha value is -1.43. The Balaban J connectivity index is 1.98. The second-order valence-corrected chi connectivity index (χ2v) is 5.18. The normalized spacial score (nSPS) is 19.9. The Bertz CT molecular complexity index is 408. The molecule has 2 heterocycles. The van der Waals surface area contributed by atoms with E-state index in [0.29, 0.717) is 5.82 Å². The molecule has 0 aliphatic carbocycles. The summed E-state index contributed by atoms with van der Waals surface area (Å²) < 4.78 is 0. The standard InChI is InChI=1S/C12H21N5O/c1-8-3-5-17(6-4-8)9(2)12-14-11(15-16-12)7-10(13)18/h8-9H,3-7H2,1-2H3,(H2,13,18)(H,14,15,16). The lowest BCUT2D eigenvalue weighted by Gasteiger charge is -2.33. The lowest BCUT2D eigenvalue weighted by molar-refractivity contribution is -0.117. The number of aromatic amines is 1. The molecule has 0 aromatic carbocycles. The number of H-pyrrole nitrogens is 1. The van der Waals surface area contributed by atoms with Crippen molar-refractivity contribution in [3.8, 4) is 0 Å². The highest BCUT2D eigenvalue weighted by Gasteiger charge is 2.24. The summed E-state index contributed by atoms with van der Waals surface area (Å²) in [5, 5.41) is 6.96. The zero-order valence-corrected chi connectivity index (χ0v) is 11.0. The van der Waals surface area contributed by atoms with E-state index in [1.807, 2.05) is 0 Å². The molecule has 1 aromatic heterocycles. The van der Waals surface area contributed by atoms with Crippen LogP contribution in [-0.4, -0.2) is 39.1 Å². The monoisotopic (exact) mass is 251 g/mol. The van der Waals surface area contributed by atoms with Crippen LogP contribution >= 0.6 is 0 Å². The molecule has 100 valence electrons. The number of hydrogen-bond acceptors (Lipinski definition) is 4. The molecule has 3 N–H and O–H groups in total. The Labute approximate surface area is 107 Å². The maximum absolute atomic E-state index is 10.8. The molecule has 1 atom stereocenters. The smallest absolute Gasteiger partial charge is 0.225 e. The van der Waals surface area contributed by atoms with Crippen molar-refractivity contribution >= 4 is 5.91 Å². The molecule has 1 aliphatic rings. The fourth-order valence-electron chi connectivity index (χ4n) is 2.32. The molecule has 0 bridgehead atoms. The molecule has 1 aromatic rings. The van der Waals surface area contributed by atoms with Crippen molar-refractivity contribution in [3.63, 3.8) is 0 Å². The molecular weight excluding hydrogens is 230 g/mol. The largest absolute Gasteiger partial charge is 0.369 e. The van der Waals surface area contributed by atoms with E-state index in [9.17, 15) is 4.79 Å². The number of likely N-dealkylation sites (tertiary alicyclic amines) is 1. The number of aromatic nitrogens is 3. The molecule has 1 unspecified atom stereocenters. The second kappa shape index (κ2) is 5.48. The summed E-state index contributed by atoms with van der Waals surface area (Å²) in [6.07, 6.45) is 2.57. The van der Waals surface area contributed by atoms with Gasteiger partial charge in [0.2, 0.25) is 5.91 Å². The van der Waals surface area contributed by atoms with Crippen molar-refractivity contribution < 1.29 is 4.79 Å². The highest BCUT2D eigenvalue weighted by molar-refractivity contribution is 5.75. The predicted octanol–water partition coefficient (Wildman–Crippen LogP) is 0.625. The molecule has 1 aliphatic heterocycles. The minimum absolute atomic E-state index is 0.122. The van der Waals surface area contributed by atoms with Crippen LogP contribution < -0.4 is 5.73 Å². The predicted molar refractivity (Wildman–Crippen MR) is 67.7 cm³/mol. The van der Waals surface area contributed by atoms with E-state index in [1.165, 1.54) is 12.8 Å². The van der Waals surface area contributed by atoms with Crippen LogP contribution in [0.3, 0.4) is 0 Å². The number of piperidine rings is 1. The van der Waals surface area contributed by atoms with Gasteiger partial charge >= 0.3 is 0 Å². The van der Waals surface area contributed by atoms with E-state index in [4.69, 9.17) is 5.73 Å². The van der Waals surface area contributed by atoms with E-state index < -0.39 is 5.91 Å². The van der Waals surface area contributed by atoms with Crippen LogP contribution in [0.2, 0.25) is 0 Å². The van der Waals surface area contributed by atoms with Gasteiger partial charge in [0.15, 0.2) is 5.82 Å². The van der Waals surface area contributed by atoms with E-state index in [0.717, 1.165) is 24.8 Å². The second-order valence-electron chi connectivity index (χ2n) is 5.18. The maximum Gasteiger partial charge on any atom is 0.225 e. The third-order valence-electron chi connectivity index (χ3n) is 3.63. The Morgan fingerprint density at radius 2 is 2.22 bits per heavy atom. The van der Waals surface area contributed by atoms with Crippen molar-refractivity contribution in [2.24, 2.45) is 11.7 Å². The number of primary amides is 1. The van der Waals surface area contributed by atoms with Crippen molar-refractivity contribution in [3.05, 3.63) is 11.6 Å². The quantitative estimate of drug-likeness (QED) is 0.821. The topological polar surface area (TPSA) is 87.9 Å². The molecule has 6 nitrogen and oxygen atoms in total. The van der Waals surface area contributed by atoms with Crippen molar-refractivity contribution in [2.45, 2.75) is 39.2 Å². The van der Waals surface area contributed by atoms with Gasteiger partial charge in [0.05, 0.1) is 12.5 Å². The van der Waals surface area contributed by atoms with E-state index in [-0.39, 0.29) is 12.5 Å². The minimum Gasteiger partial charge on any atom is -0.369 e. The zero-order chi connectivity index (χ0) is 13.1. The van der Waals surface area contributed by atoms with Gasteiger partial charge in [0, 0.05) is 0 Å². The molecule has 1 fully saturated rings. The van der Waals surface area contributed by atoms with Crippen molar-refractivity contribution in [2.75, 3.05) is 13.1 Å². The van der Waals surface area contributed by atoms with Crippen molar-refractivity contribution in [1.82, 2.24) is 20.1 Å². The molecule has 1 saturated heterocycles. The van der Waals surface area contributed by atoms with Gasteiger partial charge in [-0.05, 0) is 38.8 Å². The van der Waals surface area contributed by atoms with Crippen LogP contribution in [0, 0.1) is 5.92 Å². The van der Waals surface area contributed by atoms with Crippen LogP contribution in [0.1, 0.15) is 44.4 Å². The molecule has 0 saturated carbocycles. The number of rotatable bonds is 4. The van der Waals surface area contributed by atoms with Gasteiger partial charge in [0.25, 0.3) is 0 Å². The number of carbonyl (C=O) groups excluding carboxylic acids is 1. The van der Waals surface area contributed by atoms with Crippen LogP contribution in [-0.2, 0) is 11.2 Å². The average molecular weight is 251 g/mol. The van der Waals surface area contributed by atoms with Crippen LogP contribution in [0.25, 0.3) is 0 Å². The summed E-state index contributed by atoms with van der Waals surface area (Å²) >= 11 is 0. The minimum atomic E-state index is -0.392. The van der Waals surface area contributed by atoms with Crippen LogP contribution in [0.4, 0.5) is 0 Å². The Morgan fingerprint density at radius 1 is 1.56 bits per heavy atom. The fourth-order valence-corrected chi connectivity index (χ4v) is 2.32. The third-order valence-corrected chi connectivity index (χ3v) is 3.63. The van der Waals surface area contributed by atoms with Gasteiger partial charge in [-0.2, -0.15) is 5.10 Å². The maximum atomic E-state index is 10.8. The Morgan fingerprint density at radius 3 is 2.83 bits per heavy atom. The van der Waals surface area contributed by atoms with Gasteiger partial charge in [-0.3, -0.25) is 14.8 Å². The van der Waals surface area contributed by atoms with Gasteiger partial charge < -0.3 is 5.73 Å². The molecule has 0 spiro atoms. The number of nitrogens with two attached hydrogens (primary N) is 1. The number of nitrogens with one attached hydrogen (secondary N) is 1. The van der Waals surface area contributed by atoms with Gasteiger partial charge in [0.1, 0.15) is 5.82 Å². The summed E-state index contributed by atoms with van der Waals surface area (Å²) in [5.74, 6) is 1.72. The summed E-state index contributed by atoms with van der Waals surface area (Å²) in [6, 6.07) is 0.190. The lowest BCUT2D eigenvalue weighted by atomic mass is 9.98.